The van der Waals surface area contributed by atoms with Crippen molar-refractivity contribution in [3.63, 3.8) is 0 Å². The lowest BCUT2D eigenvalue weighted by Crippen LogP contribution is -2.54. The van der Waals surface area contributed by atoms with Gasteiger partial charge in [-0.2, -0.15) is 0 Å². The first-order valence-electron chi connectivity index (χ1n) is 9.32. The van der Waals surface area contributed by atoms with E-state index in [4.69, 9.17) is 4.74 Å². The van der Waals surface area contributed by atoms with Crippen LogP contribution in [0.4, 0.5) is 0 Å². The third-order valence-corrected chi connectivity index (χ3v) is 5.35. The molecule has 0 aliphatic carbocycles. The van der Waals surface area contributed by atoms with Crippen molar-refractivity contribution in [2.45, 2.75) is 51.6 Å². The summed E-state index contributed by atoms with van der Waals surface area (Å²) in [4.78, 5) is 15.0. The zero-order valence-electron chi connectivity index (χ0n) is 15.2. The van der Waals surface area contributed by atoms with Gasteiger partial charge >= 0.3 is 0 Å². The molecule has 5 nitrogen and oxygen atoms in total. The molecule has 23 heavy (non-hydrogen) atoms. The molecule has 0 aromatic heterocycles. The number of likely N-dealkylation sites (tertiary alicyclic amines) is 1. The summed E-state index contributed by atoms with van der Waals surface area (Å²) in [6, 6.07) is 0. The molecule has 2 N–H and O–H groups in total. The number of methoxy groups -OCH3 is 1. The highest BCUT2D eigenvalue weighted by Gasteiger charge is 2.39. The molecule has 0 radical (unpaired) electrons. The number of unbranched alkanes of at least 4 members (excludes halogenated alkanes) is 1. The van der Waals surface area contributed by atoms with Gasteiger partial charge in [-0.15, -0.1) is 0 Å². The van der Waals surface area contributed by atoms with Crippen molar-refractivity contribution >= 4 is 5.91 Å². The third-order valence-electron chi connectivity index (χ3n) is 5.35. The molecule has 2 rings (SSSR count). The largest absolute Gasteiger partial charge is 0.368 e. The summed E-state index contributed by atoms with van der Waals surface area (Å²) in [5.41, 5.74) is -0.608. The summed E-state index contributed by atoms with van der Waals surface area (Å²) < 4.78 is 5.56. The van der Waals surface area contributed by atoms with Crippen LogP contribution in [0, 0.1) is 11.8 Å². The van der Waals surface area contributed by atoms with Gasteiger partial charge in [0, 0.05) is 26.7 Å². The monoisotopic (exact) mass is 325 g/mol. The second-order valence-corrected chi connectivity index (χ2v) is 7.62. The summed E-state index contributed by atoms with van der Waals surface area (Å²) in [5, 5.41) is 6.37. The van der Waals surface area contributed by atoms with Gasteiger partial charge in [0.15, 0.2) is 0 Å². The van der Waals surface area contributed by atoms with Crippen LogP contribution in [0.5, 0.6) is 0 Å². The van der Waals surface area contributed by atoms with Crippen LogP contribution in [0.1, 0.15) is 46.0 Å². The van der Waals surface area contributed by atoms with Gasteiger partial charge in [0.05, 0.1) is 0 Å². The smallest absolute Gasteiger partial charge is 0.252 e. The average molecular weight is 325 g/mol. The molecule has 5 heteroatoms. The lowest BCUT2D eigenvalue weighted by atomic mass is 9.91. The highest BCUT2D eigenvalue weighted by Crippen LogP contribution is 2.23. The van der Waals surface area contributed by atoms with Gasteiger partial charge in [0.25, 0.3) is 5.91 Å². The van der Waals surface area contributed by atoms with Crippen molar-refractivity contribution in [1.82, 2.24) is 15.5 Å². The molecule has 0 aromatic rings. The first kappa shape index (κ1) is 18.7. The highest BCUT2D eigenvalue weighted by atomic mass is 16.5. The topological polar surface area (TPSA) is 53.6 Å². The Morgan fingerprint density at radius 2 is 1.87 bits per heavy atom. The van der Waals surface area contributed by atoms with Crippen LogP contribution >= 0.6 is 0 Å². The second-order valence-electron chi connectivity index (χ2n) is 7.62. The lowest BCUT2D eigenvalue weighted by Gasteiger charge is -2.35. The van der Waals surface area contributed by atoms with Crippen LogP contribution in [0.3, 0.4) is 0 Å². The first-order chi connectivity index (χ1) is 11.1. The molecule has 2 saturated heterocycles. The number of piperidine rings is 2. The molecular formula is C18H35N3O2. The van der Waals surface area contributed by atoms with Crippen molar-refractivity contribution < 1.29 is 9.53 Å². The third kappa shape index (κ3) is 5.44. The molecule has 2 fully saturated rings. The van der Waals surface area contributed by atoms with Crippen molar-refractivity contribution in [3.8, 4) is 0 Å². The number of amides is 1. The number of hydrogen-bond acceptors (Lipinski definition) is 4. The van der Waals surface area contributed by atoms with E-state index in [-0.39, 0.29) is 5.91 Å². The maximum absolute atomic E-state index is 12.4. The number of rotatable bonds is 7. The predicted molar refractivity (Wildman–Crippen MR) is 93.5 cm³/mol. The van der Waals surface area contributed by atoms with E-state index in [9.17, 15) is 4.79 Å². The molecule has 1 amide bonds. The normalized spacial score (nSPS) is 28.5. The SMILES string of the molecule is COC1(C(=O)NCCCCN2CC(C)CC(C)C2)CCNCC1. The fraction of sp³-hybridized carbons (Fsp3) is 0.944. The number of ether oxygens (including phenoxy) is 1. The summed E-state index contributed by atoms with van der Waals surface area (Å²) >= 11 is 0. The fourth-order valence-corrected chi connectivity index (χ4v) is 4.15. The summed E-state index contributed by atoms with van der Waals surface area (Å²) in [6.45, 7) is 10.8. The van der Waals surface area contributed by atoms with Crippen molar-refractivity contribution in [2.75, 3.05) is 46.4 Å². The Morgan fingerprint density at radius 3 is 2.48 bits per heavy atom. The Labute approximate surface area is 141 Å². The number of nitrogens with zero attached hydrogens (tertiary/aromatic N) is 1. The summed E-state index contributed by atoms with van der Waals surface area (Å²) in [7, 11) is 1.66. The molecule has 2 aliphatic rings. The molecule has 0 bridgehead atoms. The van der Waals surface area contributed by atoms with E-state index < -0.39 is 5.60 Å². The molecular weight excluding hydrogens is 290 g/mol. The van der Waals surface area contributed by atoms with Crippen molar-refractivity contribution in [2.24, 2.45) is 11.8 Å². The Bertz CT molecular complexity index is 359. The van der Waals surface area contributed by atoms with Gasteiger partial charge in [-0.1, -0.05) is 13.8 Å². The first-order valence-corrected chi connectivity index (χ1v) is 9.32. The summed E-state index contributed by atoms with van der Waals surface area (Å²) in [6.07, 6.45) is 5.09. The van der Waals surface area contributed by atoms with Crippen molar-refractivity contribution in [1.29, 1.82) is 0 Å². The number of carbonyl (C=O) groups excluding carboxylic acids is 1. The molecule has 2 atom stereocenters. The van der Waals surface area contributed by atoms with E-state index in [1.807, 2.05) is 0 Å². The Hall–Kier alpha value is -0.650. The molecule has 0 aromatic carbocycles. The molecule has 2 heterocycles. The minimum atomic E-state index is -0.608. The zero-order chi connectivity index (χ0) is 16.7. The maximum Gasteiger partial charge on any atom is 0.252 e. The van der Waals surface area contributed by atoms with Crippen LogP contribution in [0.2, 0.25) is 0 Å². The van der Waals surface area contributed by atoms with Crippen LogP contribution in [-0.2, 0) is 9.53 Å². The molecule has 2 aliphatic heterocycles. The standard InChI is InChI=1S/C18H35N3O2/c1-15-12-16(2)14-21(13-15)11-5-4-8-20-17(22)18(23-3)6-9-19-10-7-18/h15-16,19H,4-14H2,1-3H3,(H,20,22). The zero-order valence-corrected chi connectivity index (χ0v) is 15.2. The molecule has 2 unspecified atom stereocenters. The fourth-order valence-electron chi connectivity index (χ4n) is 4.15. The molecule has 0 saturated carbocycles. The van der Waals surface area contributed by atoms with Gasteiger partial charge < -0.3 is 20.3 Å². The van der Waals surface area contributed by atoms with E-state index in [0.29, 0.717) is 0 Å². The number of carbonyl (C=O) groups is 1. The molecule has 134 valence electrons. The van der Waals surface area contributed by atoms with Crippen LogP contribution < -0.4 is 10.6 Å². The number of hydrogen-bond donors (Lipinski definition) is 2. The molecule has 0 spiro atoms. The van der Waals surface area contributed by atoms with E-state index >= 15 is 0 Å². The maximum atomic E-state index is 12.4. The minimum absolute atomic E-state index is 0.0710. The summed E-state index contributed by atoms with van der Waals surface area (Å²) in [5.74, 6) is 1.71. The lowest BCUT2D eigenvalue weighted by molar-refractivity contribution is -0.146. The van der Waals surface area contributed by atoms with Crippen LogP contribution in [0.25, 0.3) is 0 Å². The van der Waals surface area contributed by atoms with Gasteiger partial charge in [-0.3, -0.25) is 4.79 Å². The van der Waals surface area contributed by atoms with Gasteiger partial charge in [-0.25, -0.2) is 0 Å². The van der Waals surface area contributed by atoms with E-state index in [1.54, 1.807) is 7.11 Å². The average Bonchev–Trinajstić information content (AvgIpc) is 2.54. The quantitative estimate of drug-likeness (QED) is 0.699. The Balaban J connectivity index is 1.62. The predicted octanol–water partition coefficient (Wildman–Crippen LogP) is 1.63. The highest BCUT2D eigenvalue weighted by molar-refractivity contribution is 5.85. The Morgan fingerprint density at radius 1 is 1.22 bits per heavy atom. The minimum Gasteiger partial charge on any atom is -0.368 e. The van der Waals surface area contributed by atoms with Crippen LogP contribution in [0.15, 0.2) is 0 Å². The number of nitrogens with one attached hydrogen (secondary N) is 2. The second kappa shape index (κ2) is 9.00. The van der Waals surface area contributed by atoms with Gasteiger partial charge in [-0.05, 0) is 63.6 Å². The van der Waals surface area contributed by atoms with E-state index in [0.717, 1.165) is 63.7 Å². The van der Waals surface area contributed by atoms with E-state index in [2.05, 4.69) is 29.4 Å². The van der Waals surface area contributed by atoms with Gasteiger partial charge in [0.1, 0.15) is 5.60 Å². The van der Waals surface area contributed by atoms with Crippen LogP contribution in [-0.4, -0.2) is 62.8 Å². The Kier molecular flexibility index (Phi) is 7.31. The van der Waals surface area contributed by atoms with E-state index in [1.165, 1.54) is 19.5 Å². The van der Waals surface area contributed by atoms with Gasteiger partial charge in [0.2, 0.25) is 0 Å². The van der Waals surface area contributed by atoms with Crippen molar-refractivity contribution in [3.05, 3.63) is 0 Å².